The molecule has 0 atom stereocenters. The van der Waals surface area contributed by atoms with Crippen LogP contribution in [0.25, 0.3) is 0 Å². The summed E-state index contributed by atoms with van der Waals surface area (Å²) in [6.45, 7) is 0.427. The molecule has 0 aliphatic heterocycles. The molecule has 9 nitrogen and oxygen atoms in total. The summed E-state index contributed by atoms with van der Waals surface area (Å²) in [5.74, 6) is 0.0327. The zero-order valence-corrected chi connectivity index (χ0v) is 11.8. The van der Waals surface area contributed by atoms with E-state index in [0.717, 1.165) is 12.8 Å². The van der Waals surface area contributed by atoms with Crippen LogP contribution in [0.15, 0.2) is 28.2 Å². The van der Waals surface area contributed by atoms with E-state index in [1.807, 2.05) is 0 Å². The third kappa shape index (κ3) is 3.28. The predicted octanol–water partition coefficient (Wildman–Crippen LogP) is -0.454. The molecule has 21 heavy (non-hydrogen) atoms. The average molecular weight is 310 g/mol. The number of H-pyrrole nitrogens is 2. The summed E-state index contributed by atoms with van der Waals surface area (Å²) in [6, 6.07) is 2.94. The maximum absolute atomic E-state index is 12.3. The lowest BCUT2D eigenvalue weighted by Crippen LogP contribution is -2.21. The van der Waals surface area contributed by atoms with Gasteiger partial charge in [-0.05, 0) is 18.9 Å². The molecule has 2 aromatic rings. The van der Waals surface area contributed by atoms with Crippen molar-refractivity contribution < 1.29 is 8.42 Å². The third-order valence-electron chi connectivity index (χ3n) is 3.02. The number of nitrogens with one attached hydrogen (secondary N) is 4. The molecule has 0 saturated heterocycles. The van der Waals surface area contributed by atoms with Crippen molar-refractivity contribution >= 4 is 15.8 Å². The Labute approximate surface area is 120 Å². The van der Waals surface area contributed by atoms with E-state index in [0.29, 0.717) is 18.2 Å². The van der Waals surface area contributed by atoms with Gasteiger partial charge in [-0.2, -0.15) is 18.6 Å². The maximum atomic E-state index is 12.3. The Morgan fingerprint density at radius 2 is 2.10 bits per heavy atom. The Kier molecular flexibility index (Phi) is 3.47. The lowest BCUT2D eigenvalue weighted by molar-refractivity contribution is 0.593. The molecular weight excluding hydrogens is 296 g/mol. The molecule has 1 saturated carbocycles. The zero-order chi connectivity index (χ0) is 14.9. The molecule has 10 heteroatoms. The monoisotopic (exact) mass is 310 g/mol. The quantitative estimate of drug-likeness (QED) is 0.571. The molecule has 0 aromatic carbocycles. The van der Waals surface area contributed by atoms with Crippen molar-refractivity contribution in [2.24, 2.45) is 0 Å². The van der Waals surface area contributed by atoms with Crippen LogP contribution in [-0.2, 0) is 16.6 Å². The number of hydrogen-bond acceptors (Lipinski definition) is 6. The average Bonchev–Trinajstić information content (AvgIpc) is 3.14. The van der Waals surface area contributed by atoms with Crippen LogP contribution in [0.2, 0.25) is 0 Å². The molecule has 2 aromatic heterocycles. The van der Waals surface area contributed by atoms with Crippen molar-refractivity contribution in [3.05, 3.63) is 34.2 Å². The number of nitrogens with zero attached hydrogens (tertiary/aromatic N) is 2. The molecule has 0 unspecified atom stereocenters. The first-order valence-corrected chi connectivity index (χ1v) is 7.87. The summed E-state index contributed by atoms with van der Waals surface area (Å²) in [5.41, 5.74) is 0.146. The Bertz CT molecular complexity index is 772. The SMILES string of the molecule is O=c1ccc(NS(=O)(=O)c2[nH]ncc2CNC2CC2)n[nH]1. The summed E-state index contributed by atoms with van der Waals surface area (Å²) >= 11 is 0. The van der Waals surface area contributed by atoms with Gasteiger partial charge in [0.2, 0.25) is 0 Å². The summed E-state index contributed by atoms with van der Waals surface area (Å²) in [6.07, 6.45) is 3.70. The highest BCUT2D eigenvalue weighted by atomic mass is 32.2. The number of anilines is 1. The summed E-state index contributed by atoms with van der Waals surface area (Å²) in [4.78, 5) is 10.9. The minimum Gasteiger partial charge on any atom is -0.310 e. The Balaban J connectivity index is 1.79. The van der Waals surface area contributed by atoms with E-state index in [-0.39, 0.29) is 10.8 Å². The Morgan fingerprint density at radius 3 is 2.76 bits per heavy atom. The number of sulfonamides is 1. The highest BCUT2D eigenvalue weighted by molar-refractivity contribution is 7.92. The number of rotatable bonds is 6. The molecule has 1 fully saturated rings. The minimum absolute atomic E-state index is 0.0105. The molecule has 0 spiro atoms. The molecule has 1 aliphatic carbocycles. The largest absolute Gasteiger partial charge is 0.310 e. The van der Waals surface area contributed by atoms with E-state index >= 15 is 0 Å². The van der Waals surface area contributed by atoms with Crippen LogP contribution >= 0.6 is 0 Å². The predicted molar refractivity (Wildman–Crippen MR) is 74.1 cm³/mol. The maximum Gasteiger partial charge on any atom is 0.280 e. The van der Waals surface area contributed by atoms with Gasteiger partial charge in [0.25, 0.3) is 15.6 Å². The van der Waals surface area contributed by atoms with E-state index in [1.165, 1.54) is 18.3 Å². The van der Waals surface area contributed by atoms with E-state index in [4.69, 9.17) is 0 Å². The normalized spacial score (nSPS) is 15.0. The topological polar surface area (TPSA) is 133 Å². The first-order valence-electron chi connectivity index (χ1n) is 6.39. The van der Waals surface area contributed by atoms with Crippen LogP contribution in [0, 0.1) is 0 Å². The Morgan fingerprint density at radius 1 is 1.29 bits per heavy atom. The van der Waals surface area contributed by atoms with Gasteiger partial charge in [-0.25, -0.2) is 5.10 Å². The van der Waals surface area contributed by atoms with Gasteiger partial charge in [-0.1, -0.05) is 0 Å². The molecule has 1 aliphatic rings. The standard InChI is InChI=1S/C11H14N6O3S/c18-10-4-3-9(14-15-10)17-21(19,20)11-7(6-13-16-11)5-12-8-1-2-8/h3-4,6,8,12H,1-2,5H2,(H,13,16)(H,14,17)(H,15,18). The molecule has 3 rings (SSSR count). The van der Waals surface area contributed by atoms with Crippen molar-refractivity contribution in [2.75, 3.05) is 4.72 Å². The van der Waals surface area contributed by atoms with E-state index in [2.05, 4.69) is 30.4 Å². The van der Waals surface area contributed by atoms with Gasteiger partial charge in [0.1, 0.15) is 0 Å². The van der Waals surface area contributed by atoms with Crippen molar-refractivity contribution in [3.63, 3.8) is 0 Å². The van der Waals surface area contributed by atoms with Crippen LogP contribution in [0.3, 0.4) is 0 Å². The van der Waals surface area contributed by atoms with Gasteiger partial charge in [0.15, 0.2) is 10.8 Å². The second kappa shape index (κ2) is 5.30. The summed E-state index contributed by atoms with van der Waals surface area (Å²) in [5, 5.41) is 15.2. The third-order valence-corrected chi connectivity index (χ3v) is 4.39. The second-order valence-corrected chi connectivity index (χ2v) is 6.41. The molecule has 4 N–H and O–H groups in total. The molecular formula is C11H14N6O3S. The fourth-order valence-corrected chi connectivity index (χ4v) is 2.92. The molecule has 112 valence electrons. The van der Waals surface area contributed by atoms with Crippen molar-refractivity contribution in [2.45, 2.75) is 30.5 Å². The van der Waals surface area contributed by atoms with E-state index < -0.39 is 15.6 Å². The molecule has 2 heterocycles. The van der Waals surface area contributed by atoms with Crippen LogP contribution in [0.1, 0.15) is 18.4 Å². The number of hydrogen-bond donors (Lipinski definition) is 4. The van der Waals surface area contributed by atoms with Gasteiger partial charge in [-0.15, -0.1) is 0 Å². The fourth-order valence-electron chi connectivity index (χ4n) is 1.79. The zero-order valence-electron chi connectivity index (χ0n) is 11.0. The van der Waals surface area contributed by atoms with Crippen LogP contribution in [-0.4, -0.2) is 34.9 Å². The highest BCUT2D eigenvalue weighted by Gasteiger charge is 2.24. The van der Waals surface area contributed by atoms with Crippen LogP contribution < -0.4 is 15.6 Å². The van der Waals surface area contributed by atoms with E-state index in [9.17, 15) is 13.2 Å². The number of aromatic amines is 2. The smallest absolute Gasteiger partial charge is 0.280 e. The summed E-state index contributed by atoms with van der Waals surface area (Å²) < 4.78 is 26.9. The van der Waals surface area contributed by atoms with Crippen molar-refractivity contribution in [3.8, 4) is 0 Å². The molecule has 0 radical (unpaired) electrons. The molecule has 0 amide bonds. The van der Waals surface area contributed by atoms with Crippen molar-refractivity contribution in [1.29, 1.82) is 0 Å². The fraction of sp³-hybridized carbons (Fsp3) is 0.364. The Hall–Kier alpha value is -2.20. The van der Waals surface area contributed by atoms with E-state index in [1.54, 1.807) is 0 Å². The first-order chi connectivity index (χ1) is 10.0. The second-order valence-electron chi connectivity index (χ2n) is 4.79. The molecule has 0 bridgehead atoms. The van der Waals surface area contributed by atoms with Gasteiger partial charge < -0.3 is 5.32 Å². The number of aromatic nitrogens is 4. The van der Waals surface area contributed by atoms with Gasteiger partial charge in [-0.3, -0.25) is 14.6 Å². The first kappa shape index (κ1) is 13.8. The van der Waals surface area contributed by atoms with Crippen LogP contribution in [0.5, 0.6) is 0 Å². The minimum atomic E-state index is -3.83. The van der Waals surface area contributed by atoms with Crippen LogP contribution in [0.4, 0.5) is 5.82 Å². The lowest BCUT2D eigenvalue weighted by atomic mass is 10.3. The van der Waals surface area contributed by atoms with Gasteiger partial charge in [0, 0.05) is 24.2 Å². The van der Waals surface area contributed by atoms with Gasteiger partial charge >= 0.3 is 0 Å². The van der Waals surface area contributed by atoms with Gasteiger partial charge in [0.05, 0.1) is 6.20 Å². The lowest BCUT2D eigenvalue weighted by Gasteiger charge is -2.07. The summed E-state index contributed by atoms with van der Waals surface area (Å²) in [7, 11) is -3.83. The van der Waals surface area contributed by atoms with Crippen molar-refractivity contribution in [1.82, 2.24) is 25.7 Å². The highest BCUT2D eigenvalue weighted by Crippen LogP contribution is 2.21.